The van der Waals surface area contributed by atoms with Crippen molar-refractivity contribution in [1.29, 1.82) is 0 Å². The van der Waals surface area contributed by atoms with E-state index in [0.717, 1.165) is 29.9 Å². The molecule has 0 saturated carbocycles. The third-order valence-electron chi connectivity index (χ3n) is 4.18. The molecule has 0 aromatic heterocycles. The van der Waals surface area contributed by atoms with Crippen LogP contribution in [0, 0.1) is 0 Å². The average molecular weight is 277 g/mol. The fourth-order valence-corrected chi connectivity index (χ4v) is 3.00. The first-order valence-electron chi connectivity index (χ1n) is 7.70. The van der Waals surface area contributed by atoms with Gasteiger partial charge in [-0.2, -0.15) is 0 Å². The number of ether oxygens (including phenoxy) is 2. The highest BCUT2D eigenvalue weighted by atomic mass is 16.5. The zero-order valence-electron chi connectivity index (χ0n) is 12.9. The van der Waals surface area contributed by atoms with Crippen LogP contribution in [0.3, 0.4) is 0 Å². The first kappa shape index (κ1) is 15.2. The van der Waals surface area contributed by atoms with Crippen molar-refractivity contribution in [2.75, 3.05) is 7.11 Å². The van der Waals surface area contributed by atoms with E-state index in [1.54, 1.807) is 7.11 Å². The predicted octanol–water partition coefficient (Wildman–Crippen LogP) is 4.21. The van der Waals surface area contributed by atoms with Gasteiger partial charge in [0.15, 0.2) is 0 Å². The minimum Gasteiger partial charge on any atom is -0.497 e. The van der Waals surface area contributed by atoms with Crippen LogP contribution in [0.25, 0.3) is 0 Å². The van der Waals surface area contributed by atoms with Gasteiger partial charge in [-0.1, -0.05) is 26.2 Å². The topological polar surface area (TPSA) is 44.5 Å². The lowest BCUT2D eigenvalue weighted by atomic mass is 9.85. The van der Waals surface area contributed by atoms with E-state index in [4.69, 9.17) is 15.2 Å². The molecule has 2 N–H and O–H groups in total. The summed E-state index contributed by atoms with van der Waals surface area (Å²) in [6.07, 6.45) is 7.00. The molecule has 0 amide bonds. The van der Waals surface area contributed by atoms with Gasteiger partial charge in [-0.15, -0.1) is 0 Å². The largest absolute Gasteiger partial charge is 0.497 e. The summed E-state index contributed by atoms with van der Waals surface area (Å²) in [7, 11) is 1.68. The summed E-state index contributed by atoms with van der Waals surface area (Å²) in [6, 6.07) is 5.95. The summed E-state index contributed by atoms with van der Waals surface area (Å²) < 4.78 is 11.5. The fourth-order valence-electron chi connectivity index (χ4n) is 3.00. The SMILES string of the molecule is CCCCCCC1(C)C[C@@H](N)c2cc(OC)ccc2O1. The second kappa shape index (κ2) is 6.49. The second-order valence-corrected chi connectivity index (χ2v) is 6.08. The Hall–Kier alpha value is -1.22. The minimum absolute atomic E-state index is 0.0324. The Labute approximate surface area is 122 Å². The first-order chi connectivity index (χ1) is 9.58. The van der Waals surface area contributed by atoms with Crippen LogP contribution in [-0.4, -0.2) is 12.7 Å². The molecule has 112 valence electrons. The Balaban J connectivity index is 2.06. The molecule has 0 aliphatic carbocycles. The molecule has 3 heteroatoms. The molecule has 2 atom stereocenters. The van der Waals surface area contributed by atoms with Gasteiger partial charge in [0, 0.05) is 18.0 Å². The Kier molecular flexibility index (Phi) is 4.92. The minimum atomic E-state index is -0.130. The Morgan fingerprint density at radius 2 is 2.15 bits per heavy atom. The van der Waals surface area contributed by atoms with Gasteiger partial charge in [-0.25, -0.2) is 0 Å². The van der Waals surface area contributed by atoms with Crippen LogP contribution in [0.5, 0.6) is 11.5 Å². The lowest BCUT2D eigenvalue weighted by molar-refractivity contribution is 0.0428. The van der Waals surface area contributed by atoms with Gasteiger partial charge >= 0.3 is 0 Å². The maximum Gasteiger partial charge on any atom is 0.125 e. The molecule has 0 radical (unpaired) electrons. The van der Waals surface area contributed by atoms with Crippen LogP contribution in [0.2, 0.25) is 0 Å². The molecule has 0 bridgehead atoms. The van der Waals surface area contributed by atoms with E-state index in [1.807, 2.05) is 18.2 Å². The summed E-state index contributed by atoms with van der Waals surface area (Å²) in [4.78, 5) is 0. The summed E-state index contributed by atoms with van der Waals surface area (Å²) >= 11 is 0. The standard InChI is InChI=1S/C17H27NO2/c1-4-5-6-7-10-17(2)12-15(18)14-11-13(19-3)8-9-16(14)20-17/h8-9,11,15H,4-7,10,12,18H2,1-3H3/t15-,17?/m1/s1. The van der Waals surface area contributed by atoms with Crippen molar-refractivity contribution in [1.82, 2.24) is 0 Å². The third-order valence-corrected chi connectivity index (χ3v) is 4.18. The maximum atomic E-state index is 6.34. The van der Waals surface area contributed by atoms with Crippen LogP contribution in [0.4, 0.5) is 0 Å². The van der Waals surface area contributed by atoms with Crippen molar-refractivity contribution < 1.29 is 9.47 Å². The summed E-state index contributed by atoms with van der Waals surface area (Å²) in [5.41, 5.74) is 7.28. The van der Waals surface area contributed by atoms with Crippen molar-refractivity contribution in [3.8, 4) is 11.5 Å². The normalized spacial score (nSPS) is 24.9. The smallest absolute Gasteiger partial charge is 0.125 e. The Morgan fingerprint density at radius 1 is 1.35 bits per heavy atom. The number of nitrogens with two attached hydrogens (primary N) is 1. The van der Waals surface area contributed by atoms with Crippen molar-refractivity contribution >= 4 is 0 Å². The first-order valence-corrected chi connectivity index (χ1v) is 7.70. The van der Waals surface area contributed by atoms with Crippen LogP contribution in [-0.2, 0) is 0 Å². The van der Waals surface area contributed by atoms with E-state index >= 15 is 0 Å². The fraction of sp³-hybridized carbons (Fsp3) is 0.647. The summed E-state index contributed by atoms with van der Waals surface area (Å²) in [5.74, 6) is 1.76. The molecule has 1 heterocycles. The van der Waals surface area contributed by atoms with Gasteiger partial charge in [0.1, 0.15) is 17.1 Å². The molecule has 2 rings (SSSR count). The lowest BCUT2D eigenvalue weighted by Gasteiger charge is -2.39. The summed E-state index contributed by atoms with van der Waals surface area (Å²) in [5, 5.41) is 0. The molecule has 1 unspecified atom stereocenters. The molecule has 1 aliphatic rings. The zero-order valence-corrected chi connectivity index (χ0v) is 12.9. The van der Waals surface area contributed by atoms with Gasteiger partial charge in [0.25, 0.3) is 0 Å². The van der Waals surface area contributed by atoms with E-state index < -0.39 is 0 Å². The highest BCUT2D eigenvalue weighted by Gasteiger charge is 2.35. The number of methoxy groups -OCH3 is 1. The van der Waals surface area contributed by atoms with Crippen molar-refractivity contribution in [3.63, 3.8) is 0 Å². The predicted molar refractivity (Wildman–Crippen MR) is 82.3 cm³/mol. The third kappa shape index (κ3) is 3.45. The number of unbranched alkanes of at least 4 members (excludes halogenated alkanes) is 3. The second-order valence-electron chi connectivity index (χ2n) is 6.08. The summed E-state index contributed by atoms with van der Waals surface area (Å²) in [6.45, 7) is 4.42. The van der Waals surface area contributed by atoms with Crippen molar-refractivity contribution in [3.05, 3.63) is 23.8 Å². The van der Waals surface area contributed by atoms with E-state index in [1.165, 1.54) is 25.7 Å². The molecule has 3 nitrogen and oxygen atoms in total. The number of hydrogen-bond acceptors (Lipinski definition) is 3. The highest BCUT2D eigenvalue weighted by Crippen LogP contribution is 2.42. The maximum absolute atomic E-state index is 6.34. The number of benzene rings is 1. The van der Waals surface area contributed by atoms with E-state index in [-0.39, 0.29) is 11.6 Å². The van der Waals surface area contributed by atoms with Gasteiger partial charge in [-0.3, -0.25) is 0 Å². The molecule has 1 aliphatic heterocycles. The number of fused-ring (bicyclic) bond motifs is 1. The van der Waals surface area contributed by atoms with Crippen molar-refractivity contribution in [2.45, 2.75) is 64.0 Å². The van der Waals surface area contributed by atoms with E-state index in [9.17, 15) is 0 Å². The Morgan fingerprint density at radius 3 is 2.85 bits per heavy atom. The molecule has 0 fully saturated rings. The van der Waals surface area contributed by atoms with Gasteiger partial charge < -0.3 is 15.2 Å². The molecule has 1 aromatic carbocycles. The molecule has 0 spiro atoms. The number of rotatable bonds is 6. The molecular weight excluding hydrogens is 250 g/mol. The lowest BCUT2D eigenvalue weighted by Crippen LogP contribution is -2.40. The Bertz CT molecular complexity index is 447. The molecular formula is C17H27NO2. The van der Waals surface area contributed by atoms with Gasteiger partial charge in [0.2, 0.25) is 0 Å². The van der Waals surface area contributed by atoms with Crippen LogP contribution < -0.4 is 15.2 Å². The molecule has 1 aromatic rings. The van der Waals surface area contributed by atoms with E-state index in [0.29, 0.717) is 0 Å². The molecule has 20 heavy (non-hydrogen) atoms. The van der Waals surface area contributed by atoms with Gasteiger partial charge in [0.05, 0.1) is 7.11 Å². The van der Waals surface area contributed by atoms with Gasteiger partial charge in [-0.05, 0) is 38.0 Å². The monoisotopic (exact) mass is 277 g/mol. The van der Waals surface area contributed by atoms with Crippen molar-refractivity contribution in [2.24, 2.45) is 5.73 Å². The van der Waals surface area contributed by atoms with Crippen LogP contribution >= 0.6 is 0 Å². The van der Waals surface area contributed by atoms with E-state index in [2.05, 4.69) is 13.8 Å². The highest BCUT2D eigenvalue weighted by molar-refractivity contribution is 5.44. The quantitative estimate of drug-likeness (QED) is 0.792. The number of hydrogen-bond donors (Lipinski definition) is 1. The van der Waals surface area contributed by atoms with Crippen LogP contribution in [0.15, 0.2) is 18.2 Å². The average Bonchev–Trinajstić information content (AvgIpc) is 2.43. The zero-order chi connectivity index (χ0) is 14.6. The van der Waals surface area contributed by atoms with Crippen LogP contribution in [0.1, 0.15) is 64.0 Å². The molecule has 0 saturated heterocycles.